The molecule has 0 bridgehead atoms. The zero-order valence-corrected chi connectivity index (χ0v) is 29.4. The number of hydrogen-bond donors (Lipinski definition) is 0. The zero-order valence-electron chi connectivity index (χ0n) is 27.0. The summed E-state index contributed by atoms with van der Waals surface area (Å²) in [5, 5.41) is 9.58. The number of rotatable bonds is 4. The van der Waals surface area contributed by atoms with Crippen molar-refractivity contribution in [1.82, 2.24) is 9.97 Å². The smallest absolute Gasteiger partial charge is 0.0502 e. The molecule has 0 spiro atoms. The van der Waals surface area contributed by atoms with Gasteiger partial charge in [-0.05, 0) is 49.6 Å². The minimum atomic E-state index is -0.170. The van der Waals surface area contributed by atoms with Gasteiger partial charge in [0.1, 0.15) is 0 Å². The number of aromatic nitrogens is 2. The van der Waals surface area contributed by atoms with Crippen LogP contribution in [0, 0.1) is 13.0 Å². The van der Waals surface area contributed by atoms with Crippen molar-refractivity contribution in [3.63, 3.8) is 0 Å². The summed E-state index contributed by atoms with van der Waals surface area (Å²) in [7, 11) is 0. The molecule has 233 valence electrons. The third-order valence-electron chi connectivity index (χ3n) is 9.50. The average Bonchev–Trinajstić information content (AvgIpc) is 3.00. The quantitative estimate of drug-likeness (QED) is 0.154. The van der Waals surface area contributed by atoms with Crippen LogP contribution in [0.15, 0.2) is 65.4 Å². The fourth-order valence-corrected chi connectivity index (χ4v) is 7.32. The van der Waals surface area contributed by atoms with Gasteiger partial charge in [0.15, 0.2) is 0 Å². The summed E-state index contributed by atoms with van der Waals surface area (Å²) in [6, 6.07) is 19.7. The number of benzene rings is 2. The number of aryl methyl sites for hydroxylation is 1. The monoisotopic (exact) mass is 763 g/mol. The van der Waals surface area contributed by atoms with Crippen molar-refractivity contribution in [1.29, 1.82) is 0 Å². The Kier molecular flexibility index (Phi) is 10.4. The third kappa shape index (κ3) is 7.00. The first-order chi connectivity index (χ1) is 20.8. The number of hydrogen-bond acceptors (Lipinski definition) is 3. The van der Waals surface area contributed by atoms with Gasteiger partial charge in [0.25, 0.3) is 0 Å². The van der Waals surface area contributed by atoms with Crippen molar-refractivity contribution >= 4 is 27.3 Å². The van der Waals surface area contributed by atoms with Gasteiger partial charge in [0, 0.05) is 54.5 Å². The molecule has 4 nitrogen and oxygen atoms in total. The molecule has 7 rings (SSSR count). The normalized spacial score (nSPS) is 18.7. The van der Waals surface area contributed by atoms with Crippen LogP contribution in [-0.2, 0) is 25.5 Å². The van der Waals surface area contributed by atoms with Crippen LogP contribution in [0.25, 0.3) is 38.1 Å². The molecule has 44 heavy (non-hydrogen) atoms. The van der Waals surface area contributed by atoms with Gasteiger partial charge in [-0.2, -0.15) is 5.70 Å². The van der Waals surface area contributed by atoms with Crippen LogP contribution >= 0.6 is 0 Å². The maximum atomic E-state index is 4.91. The SMILES string of the molecule is CC(/C=C(/C)[N-]C1CCCCC1)=NC1CCCCC1.Cc1cc2ccnc3c2c(n1)C(C)(C)c1cc2ccccc2[c-]c1-3.[Ir]. The number of allylic oxidation sites excluding steroid dienone is 2. The maximum Gasteiger partial charge on any atom is 0.0502 e. The summed E-state index contributed by atoms with van der Waals surface area (Å²) in [4.78, 5) is 14.5. The van der Waals surface area contributed by atoms with E-state index in [0.717, 1.165) is 28.0 Å². The molecule has 0 amide bonds. The second kappa shape index (κ2) is 14.0. The summed E-state index contributed by atoms with van der Waals surface area (Å²) < 4.78 is 0. The van der Waals surface area contributed by atoms with Crippen LogP contribution < -0.4 is 0 Å². The number of aliphatic imine (C=N–C) groups is 1. The summed E-state index contributed by atoms with van der Waals surface area (Å²) in [6.07, 6.45) is 17.4. The molecule has 0 aliphatic heterocycles. The second-order valence-electron chi connectivity index (χ2n) is 13.4. The van der Waals surface area contributed by atoms with Gasteiger partial charge in [-0.1, -0.05) is 113 Å². The van der Waals surface area contributed by atoms with Gasteiger partial charge < -0.3 is 5.32 Å². The Balaban J connectivity index is 0.000000176. The van der Waals surface area contributed by atoms with Crippen molar-refractivity contribution in [3.8, 4) is 11.3 Å². The largest absolute Gasteiger partial charge is 0.685 e. The molecule has 3 aliphatic carbocycles. The van der Waals surface area contributed by atoms with E-state index >= 15 is 0 Å². The van der Waals surface area contributed by atoms with E-state index < -0.39 is 0 Å². The van der Waals surface area contributed by atoms with Gasteiger partial charge in [-0.3, -0.25) is 15.0 Å². The first-order valence-corrected chi connectivity index (χ1v) is 16.5. The number of nitrogens with zero attached hydrogens (tertiary/aromatic N) is 4. The Morgan fingerprint density at radius 2 is 1.64 bits per heavy atom. The van der Waals surface area contributed by atoms with Gasteiger partial charge in [0.05, 0.1) is 6.04 Å². The molecule has 2 saturated carbocycles. The predicted octanol–water partition coefficient (Wildman–Crippen LogP) is 10.6. The molecule has 2 heterocycles. The summed E-state index contributed by atoms with van der Waals surface area (Å²) in [5.74, 6) is 0. The molecular weight excluding hydrogens is 717 g/mol. The van der Waals surface area contributed by atoms with Crippen LogP contribution in [0.1, 0.15) is 109 Å². The van der Waals surface area contributed by atoms with Crippen molar-refractivity contribution < 1.29 is 20.1 Å². The Bertz CT molecular complexity index is 1670. The van der Waals surface area contributed by atoms with Crippen LogP contribution in [0.2, 0.25) is 0 Å². The summed E-state index contributed by atoms with van der Waals surface area (Å²) >= 11 is 0. The standard InChI is InChI=1S/C22H17N2.C17H29N2.Ir/c1-13-10-16-8-9-23-20-17-11-14-6-4-5-7-15(14)12-18(17)22(2,3)21(24-13)19(16)20;1-14(18-16-9-5-3-6-10-16)13-15(2)19-17-11-7-4-8-12-17;/h4-10,12H,1-3H3;13,16-17H,3-12H2,1-2H3;/q2*-1;/b;14-13-,19-15?;. The average molecular weight is 763 g/mol. The molecule has 3 aliphatic rings. The Morgan fingerprint density at radius 1 is 0.932 bits per heavy atom. The van der Waals surface area contributed by atoms with Gasteiger partial charge >= 0.3 is 0 Å². The van der Waals surface area contributed by atoms with Crippen LogP contribution in [-0.4, -0.2) is 27.8 Å². The molecular formula is C39H46IrN4-2. The van der Waals surface area contributed by atoms with Gasteiger partial charge in [-0.15, -0.1) is 29.6 Å². The van der Waals surface area contributed by atoms with E-state index in [9.17, 15) is 0 Å². The molecule has 1 radical (unpaired) electrons. The molecule has 4 aromatic rings. The van der Waals surface area contributed by atoms with Crippen molar-refractivity contribution in [2.75, 3.05) is 0 Å². The first kappa shape index (κ1) is 32.5. The summed E-state index contributed by atoms with van der Waals surface area (Å²) in [6.45, 7) is 10.8. The minimum absolute atomic E-state index is 0. The fraction of sp³-hybridized carbons (Fsp3) is 0.462. The van der Waals surface area contributed by atoms with E-state index in [2.05, 4.69) is 89.2 Å². The van der Waals surface area contributed by atoms with Gasteiger partial charge in [0.2, 0.25) is 0 Å². The molecule has 0 unspecified atom stereocenters. The Labute approximate surface area is 277 Å². The molecule has 0 atom stereocenters. The van der Waals surface area contributed by atoms with E-state index in [1.165, 1.54) is 97.3 Å². The van der Waals surface area contributed by atoms with Crippen LogP contribution in [0.5, 0.6) is 0 Å². The Morgan fingerprint density at radius 3 is 2.39 bits per heavy atom. The second-order valence-corrected chi connectivity index (χ2v) is 13.4. The fourth-order valence-electron chi connectivity index (χ4n) is 7.32. The molecule has 5 heteroatoms. The molecule has 0 N–H and O–H groups in total. The maximum absolute atomic E-state index is 4.91. The molecule has 2 aromatic carbocycles. The van der Waals surface area contributed by atoms with Crippen molar-refractivity contribution in [2.45, 2.75) is 116 Å². The van der Waals surface area contributed by atoms with Crippen molar-refractivity contribution in [2.24, 2.45) is 4.99 Å². The minimum Gasteiger partial charge on any atom is -0.685 e. The first-order valence-electron chi connectivity index (χ1n) is 16.5. The van der Waals surface area contributed by atoms with Crippen LogP contribution in [0.4, 0.5) is 0 Å². The molecule has 2 aromatic heterocycles. The van der Waals surface area contributed by atoms with E-state index in [4.69, 9.17) is 20.3 Å². The van der Waals surface area contributed by atoms with Gasteiger partial charge in [-0.25, -0.2) is 0 Å². The zero-order chi connectivity index (χ0) is 30.0. The van der Waals surface area contributed by atoms with Crippen LogP contribution in [0.3, 0.4) is 0 Å². The van der Waals surface area contributed by atoms with Crippen molar-refractivity contribution in [3.05, 3.63) is 88.8 Å². The van der Waals surface area contributed by atoms with E-state index in [-0.39, 0.29) is 25.5 Å². The van der Waals surface area contributed by atoms with E-state index in [0.29, 0.717) is 12.1 Å². The Hall–Kier alpha value is -2.88. The predicted molar refractivity (Wildman–Crippen MR) is 182 cm³/mol. The third-order valence-corrected chi connectivity index (χ3v) is 9.50. The number of fused-ring (bicyclic) bond motifs is 3. The van der Waals surface area contributed by atoms with E-state index in [1.54, 1.807) is 0 Å². The molecule has 2 fully saturated rings. The topological polar surface area (TPSA) is 52.2 Å². The molecule has 0 saturated heterocycles. The summed E-state index contributed by atoms with van der Waals surface area (Å²) in [5.41, 5.74) is 7.72. The number of pyridine rings is 2. The van der Waals surface area contributed by atoms with E-state index in [1.807, 2.05) is 6.20 Å².